The Hall–Kier alpha value is -5.90. The molecule has 0 amide bonds. The van der Waals surface area contributed by atoms with Crippen molar-refractivity contribution >= 4 is 61.5 Å². The summed E-state index contributed by atoms with van der Waals surface area (Å²) in [5.41, 5.74) is 5.99. The second kappa shape index (κ2) is 11.2. The lowest BCUT2D eigenvalue weighted by atomic mass is 10.1. The van der Waals surface area contributed by atoms with Crippen molar-refractivity contribution < 1.29 is 0 Å². The minimum atomic E-state index is -2.61. The molecule has 0 bridgehead atoms. The van der Waals surface area contributed by atoms with E-state index >= 15 is 0 Å². The third-order valence-electron chi connectivity index (χ3n) is 9.72. The predicted molar refractivity (Wildman–Crippen MR) is 201 cm³/mol. The molecule has 0 saturated heterocycles. The Labute approximate surface area is 275 Å². The lowest BCUT2D eigenvalue weighted by Gasteiger charge is -2.34. The molecular formula is C44H32N2Si. The van der Waals surface area contributed by atoms with Gasteiger partial charge in [0.2, 0.25) is 0 Å². The first-order chi connectivity index (χ1) is 23.3. The standard InChI is InChI=1S/C44H32N2Si/c1-5-15-33(16-6-1)45-32-31-41-42(45)30-29-40-39-23-13-14-24-43(39)46(44(40)41)34-25-27-38(28-26-34)47(35-17-7-2-8-18-35,36-19-9-3-10-20-36)37-21-11-4-12-22-37/h1-32H. The van der Waals surface area contributed by atoms with Gasteiger partial charge in [0.25, 0.3) is 0 Å². The van der Waals surface area contributed by atoms with Crippen LogP contribution in [0.2, 0.25) is 0 Å². The van der Waals surface area contributed by atoms with E-state index in [0.717, 1.165) is 11.4 Å². The molecule has 9 aromatic rings. The van der Waals surface area contributed by atoms with Crippen LogP contribution < -0.4 is 20.7 Å². The molecule has 0 aliphatic carbocycles. The SMILES string of the molecule is c1ccc(-n2ccc3c2ccc2c4ccccc4n(-c4ccc([Si](c5ccccc5)(c5ccccc5)c5ccccc5)cc4)c23)cc1. The van der Waals surface area contributed by atoms with Gasteiger partial charge in [-0.2, -0.15) is 0 Å². The van der Waals surface area contributed by atoms with Crippen LogP contribution in [0.15, 0.2) is 194 Å². The Morgan fingerprint density at radius 2 is 0.830 bits per heavy atom. The summed E-state index contributed by atoms with van der Waals surface area (Å²) < 4.78 is 4.75. The lowest BCUT2D eigenvalue weighted by Crippen LogP contribution is -2.74. The Kier molecular flexibility index (Phi) is 6.51. The highest BCUT2D eigenvalue weighted by molar-refractivity contribution is 7.19. The first-order valence-electron chi connectivity index (χ1n) is 16.2. The minimum absolute atomic E-state index is 1.16. The van der Waals surface area contributed by atoms with Crippen molar-refractivity contribution in [2.75, 3.05) is 0 Å². The Morgan fingerprint density at radius 3 is 1.43 bits per heavy atom. The van der Waals surface area contributed by atoms with E-state index in [1.165, 1.54) is 53.5 Å². The molecule has 0 atom stereocenters. The largest absolute Gasteiger partial charge is 0.316 e. The van der Waals surface area contributed by atoms with Crippen LogP contribution in [0, 0.1) is 0 Å². The highest BCUT2D eigenvalue weighted by Crippen LogP contribution is 2.37. The number of hydrogen-bond donors (Lipinski definition) is 0. The van der Waals surface area contributed by atoms with Gasteiger partial charge in [0.1, 0.15) is 0 Å². The quantitative estimate of drug-likeness (QED) is 0.132. The van der Waals surface area contributed by atoms with Gasteiger partial charge in [-0.05, 0) is 63.2 Å². The smallest absolute Gasteiger partial charge is 0.179 e. The zero-order valence-electron chi connectivity index (χ0n) is 25.9. The summed E-state index contributed by atoms with van der Waals surface area (Å²) in [4.78, 5) is 0. The summed E-state index contributed by atoms with van der Waals surface area (Å²) in [6.45, 7) is 0. The molecule has 0 unspecified atom stereocenters. The van der Waals surface area contributed by atoms with Crippen LogP contribution in [-0.2, 0) is 0 Å². The number of hydrogen-bond acceptors (Lipinski definition) is 0. The zero-order valence-corrected chi connectivity index (χ0v) is 26.9. The number of nitrogens with zero attached hydrogens (tertiary/aromatic N) is 2. The molecule has 2 heterocycles. The summed E-state index contributed by atoms with van der Waals surface area (Å²) in [5, 5.41) is 9.29. The minimum Gasteiger partial charge on any atom is -0.316 e. The Bertz CT molecular complexity index is 2380. The number of fused-ring (bicyclic) bond motifs is 5. The first kappa shape index (κ1) is 27.4. The number of rotatable bonds is 6. The van der Waals surface area contributed by atoms with Gasteiger partial charge in [-0.3, -0.25) is 0 Å². The van der Waals surface area contributed by atoms with Gasteiger partial charge in [0, 0.05) is 33.7 Å². The molecule has 47 heavy (non-hydrogen) atoms. The van der Waals surface area contributed by atoms with Crippen LogP contribution >= 0.6 is 0 Å². The summed E-state index contributed by atoms with van der Waals surface area (Å²) in [6, 6.07) is 69.1. The Morgan fingerprint density at radius 1 is 0.319 bits per heavy atom. The topological polar surface area (TPSA) is 9.86 Å². The maximum Gasteiger partial charge on any atom is 0.179 e. The molecule has 0 radical (unpaired) electrons. The van der Waals surface area contributed by atoms with Crippen LogP contribution in [0.5, 0.6) is 0 Å². The molecule has 9 rings (SSSR count). The predicted octanol–water partition coefficient (Wildman–Crippen LogP) is 8.11. The first-order valence-corrected chi connectivity index (χ1v) is 18.2. The highest BCUT2D eigenvalue weighted by Gasteiger charge is 2.41. The molecule has 7 aromatic carbocycles. The van der Waals surface area contributed by atoms with Gasteiger partial charge in [0.05, 0.1) is 16.6 Å². The summed E-state index contributed by atoms with van der Waals surface area (Å²) in [6.07, 6.45) is 2.20. The average molecular weight is 617 g/mol. The molecule has 0 aliphatic rings. The molecule has 0 saturated carbocycles. The van der Waals surface area contributed by atoms with Crippen LogP contribution in [0.1, 0.15) is 0 Å². The number of benzene rings is 7. The van der Waals surface area contributed by atoms with Crippen molar-refractivity contribution in [2.24, 2.45) is 0 Å². The van der Waals surface area contributed by atoms with Gasteiger partial charge in [-0.1, -0.05) is 146 Å². The van der Waals surface area contributed by atoms with Gasteiger partial charge in [0.15, 0.2) is 8.07 Å². The fourth-order valence-electron chi connectivity index (χ4n) is 7.68. The normalized spacial score (nSPS) is 11.8. The molecule has 0 aliphatic heterocycles. The van der Waals surface area contributed by atoms with E-state index in [2.05, 4.69) is 203 Å². The summed E-state index contributed by atoms with van der Waals surface area (Å²) >= 11 is 0. The second-order valence-corrected chi connectivity index (χ2v) is 16.0. The van der Waals surface area contributed by atoms with E-state index in [-0.39, 0.29) is 0 Å². The van der Waals surface area contributed by atoms with Crippen molar-refractivity contribution in [2.45, 2.75) is 0 Å². The van der Waals surface area contributed by atoms with Crippen LogP contribution in [-0.4, -0.2) is 17.2 Å². The Balaban J connectivity index is 1.30. The van der Waals surface area contributed by atoms with Gasteiger partial charge in [-0.25, -0.2) is 0 Å². The maximum absolute atomic E-state index is 2.61. The fourth-order valence-corrected chi connectivity index (χ4v) is 12.4. The van der Waals surface area contributed by atoms with Gasteiger partial charge >= 0.3 is 0 Å². The summed E-state index contributed by atoms with van der Waals surface area (Å²) in [5.74, 6) is 0. The van der Waals surface area contributed by atoms with E-state index in [1.807, 2.05) is 0 Å². The molecule has 3 heteroatoms. The van der Waals surface area contributed by atoms with Crippen LogP contribution in [0.4, 0.5) is 0 Å². The average Bonchev–Trinajstić information content (AvgIpc) is 3.74. The zero-order chi connectivity index (χ0) is 31.2. The number of aromatic nitrogens is 2. The van der Waals surface area contributed by atoms with E-state index in [4.69, 9.17) is 0 Å². The second-order valence-electron chi connectivity index (χ2n) is 12.2. The molecule has 0 fully saturated rings. The highest BCUT2D eigenvalue weighted by atomic mass is 28.3. The molecule has 222 valence electrons. The third kappa shape index (κ3) is 4.24. The lowest BCUT2D eigenvalue weighted by molar-refractivity contribution is 1.13. The molecule has 0 N–H and O–H groups in total. The van der Waals surface area contributed by atoms with Crippen molar-refractivity contribution in [3.05, 3.63) is 194 Å². The van der Waals surface area contributed by atoms with E-state index < -0.39 is 8.07 Å². The fraction of sp³-hybridized carbons (Fsp3) is 0. The molecular weight excluding hydrogens is 585 g/mol. The molecule has 2 nitrogen and oxygen atoms in total. The maximum atomic E-state index is 2.46. The molecule has 2 aromatic heterocycles. The third-order valence-corrected chi connectivity index (χ3v) is 14.5. The van der Waals surface area contributed by atoms with Gasteiger partial charge in [-0.15, -0.1) is 0 Å². The van der Waals surface area contributed by atoms with Crippen molar-refractivity contribution in [3.63, 3.8) is 0 Å². The van der Waals surface area contributed by atoms with Crippen molar-refractivity contribution in [1.29, 1.82) is 0 Å². The number of para-hydroxylation sites is 2. The van der Waals surface area contributed by atoms with E-state index in [1.54, 1.807) is 0 Å². The summed E-state index contributed by atoms with van der Waals surface area (Å²) in [7, 11) is -2.61. The van der Waals surface area contributed by atoms with E-state index in [9.17, 15) is 0 Å². The van der Waals surface area contributed by atoms with Crippen molar-refractivity contribution in [3.8, 4) is 11.4 Å². The monoisotopic (exact) mass is 616 g/mol. The molecule has 0 spiro atoms. The van der Waals surface area contributed by atoms with Crippen LogP contribution in [0.25, 0.3) is 44.1 Å². The van der Waals surface area contributed by atoms with Crippen LogP contribution in [0.3, 0.4) is 0 Å². The van der Waals surface area contributed by atoms with E-state index in [0.29, 0.717) is 0 Å². The van der Waals surface area contributed by atoms with Crippen molar-refractivity contribution in [1.82, 2.24) is 9.13 Å². The van der Waals surface area contributed by atoms with Gasteiger partial charge < -0.3 is 9.13 Å².